The molecule has 0 unspecified atom stereocenters. The average Bonchev–Trinajstić information content (AvgIpc) is 3.10. The molecular formula is C15H22N6O2S. The maximum absolute atomic E-state index is 12.3. The van der Waals surface area contributed by atoms with E-state index in [-0.39, 0.29) is 5.92 Å². The zero-order chi connectivity index (χ0) is 17.2. The third kappa shape index (κ3) is 3.63. The fourth-order valence-corrected chi connectivity index (χ4v) is 4.21. The van der Waals surface area contributed by atoms with Gasteiger partial charge in [-0.05, 0) is 37.3 Å². The second-order valence-electron chi connectivity index (χ2n) is 6.23. The van der Waals surface area contributed by atoms with Crippen LogP contribution in [-0.4, -0.2) is 64.4 Å². The van der Waals surface area contributed by atoms with E-state index in [1.807, 2.05) is 12.1 Å². The zero-order valence-electron chi connectivity index (χ0n) is 13.9. The van der Waals surface area contributed by atoms with Crippen LogP contribution in [0.4, 0.5) is 0 Å². The van der Waals surface area contributed by atoms with Gasteiger partial charge in [0, 0.05) is 39.1 Å². The summed E-state index contributed by atoms with van der Waals surface area (Å²) in [5.41, 5.74) is 2.56. The Labute approximate surface area is 142 Å². The Morgan fingerprint density at radius 2 is 2.21 bits per heavy atom. The van der Waals surface area contributed by atoms with Gasteiger partial charge in [-0.25, -0.2) is 9.97 Å². The van der Waals surface area contributed by atoms with Crippen LogP contribution in [0.15, 0.2) is 24.7 Å². The highest BCUT2D eigenvalue weighted by Crippen LogP contribution is 2.24. The molecule has 0 aliphatic carbocycles. The predicted molar refractivity (Wildman–Crippen MR) is 90.2 cm³/mol. The van der Waals surface area contributed by atoms with Gasteiger partial charge in [0.2, 0.25) is 0 Å². The molecule has 1 saturated heterocycles. The Morgan fingerprint density at radius 3 is 2.92 bits per heavy atom. The van der Waals surface area contributed by atoms with Gasteiger partial charge in [-0.2, -0.15) is 22.1 Å². The highest BCUT2D eigenvalue weighted by atomic mass is 32.2. The lowest BCUT2D eigenvalue weighted by Crippen LogP contribution is -2.45. The molecule has 8 nitrogen and oxygen atoms in total. The van der Waals surface area contributed by atoms with E-state index >= 15 is 0 Å². The summed E-state index contributed by atoms with van der Waals surface area (Å²) in [6, 6.07) is 3.80. The maximum Gasteiger partial charge on any atom is 0.281 e. The van der Waals surface area contributed by atoms with Crippen molar-refractivity contribution in [3.8, 4) is 11.4 Å². The minimum atomic E-state index is -3.35. The fraction of sp³-hybridized carbons (Fsp3) is 0.533. The van der Waals surface area contributed by atoms with Crippen molar-refractivity contribution in [2.45, 2.75) is 19.3 Å². The second-order valence-corrected chi connectivity index (χ2v) is 8.37. The summed E-state index contributed by atoms with van der Waals surface area (Å²) in [7, 11) is -0.209. The van der Waals surface area contributed by atoms with E-state index in [9.17, 15) is 8.42 Å². The summed E-state index contributed by atoms with van der Waals surface area (Å²) in [5, 5.41) is 6.82. The van der Waals surface area contributed by atoms with Gasteiger partial charge >= 0.3 is 0 Å². The number of aromatic nitrogens is 4. The number of nitrogens with one attached hydrogen (secondary N) is 1. The molecule has 0 aromatic carbocycles. The summed E-state index contributed by atoms with van der Waals surface area (Å²) >= 11 is 0. The minimum Gasteiger partial charge on any atom is -0.276 e. The summed E-state index contributed by atoms with van der Waals surface area (Å²) in [5.74, 6) is 0.262. The van der Waals surface area contributed by atoms with E-state index in [4.69, 9.17) is 0 Å². The van der Waals surface area contributed by atoms with Crippen LogP contribution < -0.4 is 0 Å². The quantitative estimate of drug-likeness (QED) is 0.865. The third-order valence-corrected chi connectivity index (χ3v) is 6.17. The number of aromatic amines is 1. The van der Waals surface area contributed by atoms with E-state index in [2.05, 4.69) is 20.2 Å². The summed E-state index contributed by atoms with van der Waals surface area (Å²) < 4.78 is 27.5. The van der Waals surface area contributed by atoms with E-state index in [1.54, 1.807) is 30.9 Å². The van der Waals surface area contributed by atoms with Gasteiger partial charge in [0.15, 0.2) is 0 Å². The van der Waals surface area contributed by atoms with Gasteiger partial charge in [0.05, 0.1) is 11.4 Å². The molecule has 130 valence electrons. The Balaban J connectivity index is 1.71. The molecule has 1 N–H and O–H groups in total. The Hall–Kier alpha value is -1.84. The number of hydrogen-bond donors (Lipinski definition) is 1. The first kappa shape index (κ1) is 17.0. The van der Waals surface area contributed by atoms with Crippen LogP contribution in [0.2, 0.25) is 0 Å². The van der Waals surface area contributed by atoms with Gasteiger partial charge < -0.3 is 0 Å². The van der Waals surface area contributed by atoms with E-state index in [0.717, 1.165) is 36.3 Å². The monoisotopic (exact) mass is 350 g/mol. The fourth-order valence-electron chi connectivity index (χ4n) is 2.98. The van der Waals surface area contributed by atoms with Crippen molar-refractivity contribution in [1.82, 2.24) is 28.8 Å². The smallest absolute Gasteiger partial charge is 0.276 e. The SMILES string of the molecule is CN(C)S(=O)(=O)N1CCC[C@H](Cc2cc(-c3ccn[nH]3)ncn2)C1. The zero-order valence-corrected chi connectivity index (χ0v) is 14.7. The normalized spacial score (nSPS) is 19.7. The molecule has 3 heterocycles. The van der Waals surface area contributed by atoms with Crippen LogP contribution in [0.1, 0.15) is 18.5 Å². The number of H-pyrrole nitrogens is 1. The molecule has 0 spiro atoms. The van der Waals surface area contributed by atoms with E-state index in [0.29, 0.717) is 13.1 Å². The summed E-state index contributed by atoms with van der Waals surface area (Å²) in [6.07, 6.45) is 5.84. The molecule has 0 saturated carbocycles. The third-order valence-electron chi connectivity index (χ3n) is 4.27. The molecule has 1 fully saturated rings. The Morgan fingerprint density at radius 1 is 1.38 bits per heavy atom. The van der Waals surface area contributed by atoms with E-state index in [1.165, 1.54) is 4.31 Å². The molecule has 0 radical (unpaired) electrons. The molecule has 0 bridgehead atoms. The maximum atomic E-state index is 12.3. The molecular weight excluding hydrogens is 328 g/mol. The van der Waals surface area contributed by atoms with Crippen molar-refractivity contribution < 1.29 is 8.42 Å². The number of piperidine rings is 1. The van der Waals surface area contributed by atoms with Gasteiger partial charge in [0.25, 0.3) is 10.2 Å². The van der Waals surface area contributed by atoms with Gasteiger partial charge in [-0.1, -0.05) is 0 Å². The Bertz CT molecular complexity index is 775. The van der Waals surface area contributed by atoms with Crippen LogP contribution in [0, 0.1) is 5.92 Å². The molecule has 2 aromatic rings. The molecule has 3 rings (SSSR count). The second kappa shape index (κ2) is 6.96. The largest absolute Gasteiger partial charge is 0.281 e. The lowest BCUT2D eigenvalue weighted by atomic mass is 9.94. The lowest BCUT2D eigenvalue weighted by molar-refractivity contribution is 0.253. The first-order chi connectivity index (χ1) is 11.5. The average molecular weight is 350 g/mol. The number of nitrogens with zero attached hydrogens (tertiary/aromatic N) is 5. The number of hydrogen-bond acceptors (Lipinski definition) is 5. The topological polar surface area (TPSA) is 95.1 Å². The molecule has 1 aliphatic heterocycles. The first-order valence-electron chi connectivity index (χ1n) is 7.95. The molecule has 1 atom stereocenters. The molecule has 2 aromatic heterocycles. The summed E-state index contributed by atoms with van der Waals surface area (Å²) in [4.78, 5) is 8.60. The van der Waals surface area contributed by atoms with Crippen molar-refractivity contribution >= 4 is 10.2 Å². The van der Waals surface area contributed by atoms with Crippen LogP contribution in [0.25, 0.3) is 11.4 Å². The van der Waals surface area contributed by atoms with Crippen molar-refractivity contribution in [3.05, 3.63) is 30.4 Å². The van der Waals surface area contributed by atoms with Crippen LogP contribution in [-0.2, 0) is 16.6 Å². The van der Waals surface area contributed by atoms with Crippen molar-refractivity contribution in [3.63, 3.8) is 0 Å². The van der Waals surface area contributed by atoms with E-state index < -0.39 is 10.2 Å². The molecule has 1 aliphatic rings. The van der Waals surface area contributed by atoms with Crippen molar-refractivity contribution in [1.29, 1.82) is 0 Å². The molecule has 24 heavy (non-hydrogen) atoms. The van der Waals surface area contributed by atoms with Crippen molar-refractivity contribution in [2.75, 3.05) is 27.2 Å². The van der Waals surface area contributed by atoms with Crippen molar-refractivity contribution in [2.24, 2.45) is 5.92 Å². The lowest BCUT2D eigenvalue weighted by Gasteiger charge is -2.33. The Kier molecular flexibility index (Phi) is 4.93. The van der Waals surface area contributed by atoms with Crippen LogP contribution >= 0.6 is 0 Å². The van der Waals surface area contributed by atoms with Crippen LogP contribution in [0.5, 0.6) is 0 Å². The highest BCUT2D eigenvalue weighted by Gasteiger charge is 2.30. The number of rotatable bonds is 5. The highest BCUT2D eigenvalue weighted by molar-refractivity contribution is 7.86. The van der Waals surface area contributed by atoms with Gasteiger partial charge in [-0.15, -0.1) is 0 Å². The van der Waals surface area contributed by atoms with Gasteiger partial charge in [-0.3, -0.25) is 5.10 Å². The molecule has 0 amide bonds. The molecule has 9 heteroatoms. The summed E-state index contributed by atoms with van der Waals surface area (Å²) in [6.45, 7) is 1.12. The predicted octanol–water partition coefficient (Wildman–Crippen LogP) is 0.928. The van der Waals surface area contributed by atoms with Crippen LogP contribution in [0.3, 0.4) is 0 Å². The minimum absolute atomic E-state index is 0.262. The standard InChI is InChI=1S/C15H22N6O2S/c1-20(2)24(22,23)21-7-3-4-12(10-21)8-13-9-15(17-11-16-13)14-5-6-18-19-14/h5-6,9,11-12H,3-4,7-8,10H2,1-2H3,(H,18,19)/t12-/m1/s1. The van der Waals surface area contributed by atoms with Gasteiger partial charge in [0.1, 0.15) is 6.33 Å². The first-order valence-corrected chi connectivity index (χ1v) is 9.35.